The van der Waals surface area contributed by atoms with Gasteiger partial charge in [0.2, 0.25) is 0 Å². The van der Waals surface area contributed by atoms with Gasteiger partial charge in [0.25, 0.3) is 5.91 Å². The van der Waals surface area contributed by atoms with Crippen LogP contribution < -0.4 is 5.32 Å². The third-order valence-corrected chi connectivity index (χ3v) is 5.02. The summed E-state index contributed by atoms with van der Waals surface area (Å²) in [5, 5.41) is 13.3. The highest BCUT2D eigenvalue weighted by Gasteiger charge is 2.30. The highest BCUT2D eigenvalue weighted by atomic mass is 32.1. The number of aliphatic carboxylic acids is 1. The standard InChI is InChI=1S/C20H14F4N2O3S/c21-14-3-1-2-12(8-14)15(9-17(27)28)25-18(29)16-10-30-19(26-16)11-4-6-13(7-5-11)20(22,23)24/h1-8,10,15H,9H2,(H,25,29)(H,27,28). The van der Waals surface area contributed by atoms with Crippen molar-refractivity contribution < 1.29 is 32.3 Å². The highest BCUT2D eigenvalue weighted by molar-refractivity contribution is 7.13. The number of carboxylic acids is 1. The number of benzene rings is 2. The normalized spacial score (nSPS) is 12.4. The molecule has 0 spiro atoms. The topological polar surface area (TPSA) is 79.3 Å². The number of alkyl halides is 3. The molecular weight excluding hydrogens is 424 g/mol. The van der Waals surface area contributed by atoms with Crippen LogP contribution in [0.1, 0.15) is 34.1 Å². The van der Waals surface area contributed by atoms with Crippen molar-refractivity contribution in [3.8, 4) is 10.6 Å². The molecule has 2 N–H and O–H groups in total. The second kappa shape index (κ2) is 8.62. The molecule has 1 amide bonds. The molecule has 0 radical (unpaired) electrons. The van der Waals surface area contributed by atoms with Crippen LogP contribution in [-0.2, 0) is 11.0 Å². The minimum atomic E-state index is -4.46. The smallest absolute Gasteiger partial charge is 0.416 e. The number of nitrogens with one attached hydrogen (secondary N) is 1. The van der Waals surface area contributed by atoms with Crippen LogP contribution in [0.3, 0.4) is 0 Å². The van der Waals surface area contributed by atoms with Gasteiger partial charge in [-0.05, 0) is 29.8 Å². The zero-order valence-corrected chi connectivity index (χ0v) is 15.9. The van der Waals surface area contributed by atoms with Crippen molar-refractivity contribution >= 4 is 23.2 Å². The second-order valence-corrected chi connectivity index (χ2v) is 7.15. The molecule has 0 aliphatic rings. The number of hydrogen-bond donors (Lipinski definition) is 2. The van der Waals surface area contributed by atoms with Crippen molar-refractivity contribution in [3.05, 3.63) is 76.5 Å². The minimum absolute atomic E-state index is 0.0262. The van der Waals surface area contributed by atoms with Gasteiger partial charge in [0.1, 0.15) is 16.5 Å². The van der Waals surface area contributed by atoms with E-state index >= 15 is 0 Å². The molecule has 1 aromatic heterocycles. The van der Waals surface area contributed by atoms with E-state index in [4.69, 9.17) is 5.11 Å². The number of carbonyl (C=O) groups is 2. The number of nitrogens with zero attached hydrogens (tertiary/aromatic N) is 1. The van der Waals surface area contributed by atoms with Crippen LogP contribution in [0.4, 0.5) is 17.6 Å². The van der Waals surface area contributed by atoms with Gasteiger partial charge in [-0.1, -0.05) is 24.3 Å². The molecule has 5 nitrogen and oxygen atoms in total. The predicted octanol–water partition coefficient (Wildman–Crippen LogP) is 4.91. The van der Waals surface area contributed by atoms with Crippen molar-refractivity contribution in [1.82, 2.24) is 10.3 Å². The van der Waals surface area contributed by atoms with Crippen LogP contribution in [0.5, 0.6) is 0 Å². The van der Waals surface area contributed by atoms with Crippen LogP contribution in [0, 0.1) is 5.82 Å². The number of aromatic nitrogens is 1. The molecule has 0 saturated heterocycles. The highest BCUT2D eigenvalue weighted by Crippen LogP contribution is 2.32. The fraction of sp³-hybridized carbons (Fsp3) is 0.150. The Labute approximate surface area is 172 Å². The van der Waals surface area contributed by atoms with Gasteiger partial charge in [-0.2, -0.15) is 13.2 Å². The lowest BCUT2D eigenvalue weighted by Crippen LogP contribution is -2.30. The van der Waals surface area contributed by atoms with E-state index < -0.39 is 41.9 Å². The summed E-state index contributed by atoms with van der Waals surface area (Å²) in [5.41, 5.74) is -0.141. The number of carboxylic acid groups (broad SMARTS) is 1. The maximum absolute atomic E-state index is 13.5. The lowest BCUT2D eigenvalue weighted by molar-refractivity contribution is -0.138. The van der Waals surface area contributed by atoms with Crippen molar-refractivity contribution in [1.29, 1.82) is 0 Å². The van der Waals surface area contributed by atoms with Crippen LogP contribution in [-0.4, -0.2) is 22.0 Å². The Bertz CT molecular complexity index is 1060. The van der Waals surface area contributed by atoms with E-state index in [1.807, 2.05) is 0 Å². The number of carbonyl (C=O) groups excluding carboxylic acids is 1. The van der Waals surface area contributed by atoms with Crippen molar-refractivity contribution in [2.75, 3.05) is 0 Å². The number of amides is 1. The molecule has 0 aliphatic carbocycles. The number of hydrogen-bond acceptors (Lipinski definition) is 4. The van der Waals surface area contributed by atoms with Crippen molar-refractivity contribution in [2.24, 2.45) is 0 Å². The first-order valence-electron chi connectivity index (χ1n) is 8.55. The molecule has 0 saturated carbocycles. The molecule has 0 bridgehead atoms. The van der Waals surface area contributed by atoms with Gasteiger partial charge in [-0.25, -0.2) is 9.37 Å². The quantitative estimate of drug-likeness (QED) is 0.536. The summed E-state index contributed by atoms with van der Waals surface area (Å²) in [4.78, 5) is 27.8. The first-order chi connectivity index (χ1) is 14.1. The third-order valence-electron chi connectivity index (χ3n) is 4.13. The van der Waals surface area contributed by atoms with Gasteiger partial charge < -0.3 is 10.4 Å². The molecule has 0 aliphatic heterocycles. The summed E-state index contributed by atoms with van der Waals surface area (Å²) in [6.45, 7) is 0. The molecule has 1 unspecified atom stereocenters. The SMILES string of the molecule is O=C(O)CC(NC(=O)c1csc(-c2ccc(C(F)(F)F)cc2)n1)c1cccc(F)c1. The molecule has 156 valence electrons. The van der Waals surface area contributed by atoms with Crippen molar-refractivity contribution in [2.45, 2.75) is 18.6 Å². The maximum Gasteiger partial charge on any atom is 0.416 e. The Morgan fingerprint density at radius 3 is 2.43 bits per heavy atom. The first kappa shape index (κ1) is 21.4. The summed E-state index contributed by atoms with van der Waals surface area (Å²) in [7, 11) is 0. The van der Waals surface area contributed by atoms with E-state index in [2.05, 4.69) is 10.3 Å². The molecular formula is C20H14F4N2O3S. The summed E-state index contributed by atoms with van der Waals surface area (Å²) in [6.07, 6.45) is -4.92. The molecule has 1 atom stereocenters. The molecule has 30 heavy (non-hydrogen) atoms. The van der Waals surface area contributed by atoms with Gasteiger partial charge in [0.15, 0.2) is 0 Å². The summed E-state index contributed by atoms with van der Waals surface area (Å²) in [5.74, 6) is -2.44. The average molecular weight is 438 g/mol. The van der Waals surface area contributed by atoms with Crippen LogP contribution in [0.15, 0.2) is 53.9 Å². The Balaban J connectivity index is 1.78. The fourth-order valence-corrected chi connectivity index (χ4v) is 3.50. The van der Waals surface area contributed by atoms with Gasteiger partial charge in [0.05, 0.1) is 18.0 Å². The molecule has 2 aromatic carbocycles. The van der Waals surface area contributed by atoms with Crippen molar-refractivity contribution in [3.63, 3.8) is 0 Å². The summed E-state index contributed by atoms with van der Waals surface area (Å²) < 4.78 is 51.5. The molecule has 3 rings (SSSR count). The molecule has 0 fully saturated rings. The number of thiazole rings is 1. The van der Waals surface area contributed by atoms with Gasteiger partial charge in [-0.15, -0.1) is 11.3 Å². The van der Waals surface area contributed by atoms with Gasteiger partial charge >= 0.3 is 12.1 Å². The van der Waals surface area contributed by atoms with Crippen LogP contribution >= 0.6 is 11.3 Å². The summed E-state index contributed by atoms with van der Waals surface area (Å²) >= 11 is 1.05. The van der Waals surface area contributed by atoms with Gasteiger partial charge in [-0.3, -0.25) is 9.59 Å². The minimum Gasteiger partial charge on any atom is -0.481 e. The van der Waals surface area contributed by atoms with E-state index in [9.17, 15) is 27.2 Å². The fourth-order valence-electron chi connectivity index (χ4n) is 2.69. The van der Waals surface area contributed by atoms with E-state index in [1.165, 1.54) is 35.7 Å². The van der Waals surface area contributed by atoms with Crippen LogP contribution in [0.25, 0.3) is 10.6 Å². The van der Waals surface area contributed by atoms with E-state index in [-0.39, 0.29) is 11.3 Å². The van der Waals surface area contributed by atoms with Gasteiger partial charge in [0, 0.05) is 10.9 Å². The molecule has 10 heteroatoms. The number of halogens is 4. The zero-order chi connectivity index (χ0) is 21.9. The molecule has 1 heterocycles. The average Bonchev–Trinajstić information content (AvgIpc) is 3.17. The lowest BCUT2D eigenvalue weighted by atomic mass is 10.0. The Hall–Kier alpha value is -3.27. The Kier molecular flexibility index (Phi) is 6.16. The van der Waals surface area contributed by atoms with E-state index in [1.54, 1.807) is 0 Å². The number of rotatable bonds is 6. The largest absolute Gasteiger partial charge is 0.481 e. The van der Waals surface area contributed by atoms with E-state index in [0.717, 1.165) is 29.5 Å². The zero-order valence-electron chi connectivity index (χ0n) is 15.1. The molecule has 3 aromatic rings. The van der Waals surface area contributed by atoms with E-state index in [0.29, 0.717) is 10.6 Å². The van der Waals surface area contributed by atoms with Crippen LogP contribution in [0.2, 0.25) is 0 Å². The maximum atomic E-state index is 13.5. The predicted molar refractivity (Wildman–Crippen MR) is 101 cm³/mol. The Morgan fingerprint density at radius 1 is 1.13 bits per heavy atom. The first-order valence-corrected chi connectivity index (χ1v) is 9.43. The summed E-state index contributed by atoms with van der Waals surface area (Å²) in [6, 6.07) is 8.58. The lowest BCUT2D eigenvalue weighted by Gasteiger charge is -2.17. The second-order valence-electron chi connectivity index (χ2n) is 6.29. The monoisotopic (exact) mass is 438 g/mol. The third kappa shape index (κ3) is 5.20. The Morgan fingerprint density at radius 2 is 1.83 bits per heavy atom.